The zero-order chi connectivity index (χ0) is 5.86. The Balaban J connectivity index is 3.14. The van der Waals surface area contributed by atoms with E-state index in [1.54, 1.807) is 6.92 Å². The molecule has 0 aromatic heterocycles. The van der Waals surface area contributed by atoms with Crippen molar-refractivity contribution in [1.82, 2.24) is 0 Å². The standard InChI is InChI=1S/C4H6Cl3/c1-3(6)4(7)2-5/h2-4H,1H3. The van der Waals surface area contributed by atoms with Gasteiger partial charge in [0.05, 0.1) is 11.3 Å². The van der Waals surface area contributed by atoms with E-state index >= 15 is 0 Å². The van der Waals surface area contributed by atoms with Gasteiger partial charge in [0.15, 0.2) is 0 Å². The lowest BCUT2D eigenvalue weighted by molar-refractivity contribution is 0.960. The van der Waals surface area contributed by atoms with Crippen LogP contribution in [0.25, 0.3) is 0 Å². The van der Waals surface area contributed by atoms with Crippen LogP contribution in [0.15, 0.2) is 0 Å². The number of hydrogen-bond donors (Lipinski definition) is 0. The first kappa shape index (κ1) is 7.87. The van der Waals surface area contributed by atoms with Gasteiger partial charge in [0.25, 0.3) is 0 Å². The molecule has 0 amide bonds. The van der Waals surface area contributed by atoms with Gasteiger partial charge in [0, 0.05) is 5.38 Å². The maximum Gasteiger partial charge on any atom is 0.0692 e. The van der Waals surface area contributed by atoms with Crippen LogP contribution in [0.5, 0.6) is 0 Å². The van der Waals surface area contributed by atoms with E-state index in [1.807, 2.05) is 0 Å². The molecule has 3 heteroatoms. The van der Waals surface area contributed by atoms with Gasteiger partial charge in [-0.05, 0) is 6.92 Å². The van der Waals surface area contributed by atoms with Gasteiger partial charge in [-0.15, -0.1) is 34.8 Å². The lowest BCUT2D eigenvalue weighted by Gasteiger charge is -2.03. The minimum atomic E-state index is -0.219. The minimum Gasteiger partial charge on any atom is -0.122 e. The Hall–Kier alpha value is 0.870. The van der Waals surface area contributed by atoms with Crippen molar-refractivity contribution in [2.24, 2.45) is 0 Å². The summed E-state index contributed by atoms with van der Waals surface area (Å²) in [4.78, 5) is 0. The first-order valence-electron chi connectivity index (χ1n) is 1.90. The van der Waals surface area contributed by atoms with Gasteiger partial charge in [0.1, 0.15) is 0 Å². The second-order valence-electron chi connectivity index (χ2n) is 1.25. The highest BCUT2D eigenvalue weighted by Gasteiger charge is 2.08. The Morgan fingerprint density at radius 1 is 1.43 bits per heavy atom. The number of alkyl halides is 2. The topological polar surface area (TPSA) is 0 Å². The second-order valence-corrected chi connectivity index (χ2v) is 2.69. The third-order valence-electron chi connectivity index (χ3n) is 0.559. The molecule has 0 heterocycles. The van der Waals surface area contributed by atoms with Gasteiger partial charge in [-0.3, -0.25) is 0 Å². The molecule has 0 spiro atoms. The zero-order valence-corrected chi connectivity index (χ0v) is 6.13. The van der Waals surface area contributed by atoms with Crippen molar-refractivity contribution in [1.29, 1.82) is 0 Å². The summed E-state index contributed by atoms with van der Waals surface area (Å²) in [6.07, 6.45) is 0. The second kappa shape index (κ2) is 3.82. The maximum absolute atomic E-state index is 5.48. The van der Waals surface area contributed by atoms with Crippen LogP contribution in [-0.2, 0) is 0 Å². The third-order valence-corrected chi connectivity index (χ3v) is 1.86. The van der Waals surface area contributed by atoms with Crippen molar-refractivity contribution in [3.63, 3.8) is 0 Å². The summed E-state index contributed by atoms with van der Waals surface area (Å²) in [5.74, 6) is 1.35. The van der Waals surface area contributed by atoms with Gasteiger partial charge < -0.3 is 0 Å². The van der Waals surface area contributed by atoms with Gasteiger partial charge in [0.2, 0.25) is 0 Å². The summed E-state index contributed by atoms with van der Waals surface area (Å²) in [6.45, 7) is 1.79. The molecule has 0 aromatic rings. The average Bonchev–Trinajstić information content (AvgIpc) is 1.65. The number of rotatable bonds is 2. The predicted molar refractivity (Wildman–Crippen MR) is 35.1 cm³/mol. The van der Waals surface area contributed by atoms with Gasteiger partial charge in [-0.1, -0.05) is 0 Å². The molecule has 0 aliphatic rings. The molecule has 43 valence electrons. The number of hydrogen-bond acceptors (Lipinski definition) is 0. The fourth-order valence-electron chi connectivity index (χ4n) is 0.100. The van der Waals surface area contributed by atoms with Crippen molar-refractivity contribution < 1.29 is 0 Å². The van der Waals surface area contributed by atoms with Crippen LogP contribution >= 0.6 is 34.8 Å². The molecule has 0 aliphatic carbocycles. The van der Waals surface area contributed by atoms with Gasteiger partial charge in [-0.2, -0.15) is 0 Å². The van der Waals surface area contributed by atoms with Crippen molar-refractivity contribution in [3.05, 3.63) is 5.88 Å². The fraction of sp³-hybridized carbons (Fsp3) is 0.750. The summed E-state index contributed by atoms with van der Waals surface area (Å²) in [5.41, 5.74) is 0. The molecular weight excluding hydrogens is 154 g/mol. The van der Waals surface area contributed by atoms with E-state index < -0.39 is 0 Å². The monoisotopic (exact) mass is 159 g/mol. The molecule has 1 radical (unpaired) electrons. The Bertz CT molecular complexity index is 44.2. The van der Waals surface area contributed by atoms with Crippen LogP contribution in [0.3, 0.4) is 0 Å². The smallest absolute Gasteiger partial charge is 0.0692 e. The van der Waals surface area contributed by atoms with Crippen LogP contribution in [0.1, 0.15) is 6.92 Å². The van der Waals surface area contributed by atoms with Crippen LogP contribution in [0, 0.1) is 5.88 Å². The van der Waals surface area contributed by atoms with Crippen LogP contribution in [0.4, 0.5) is 0 Å². The maximum atomic E-state index is 5.48. The highest BCUT2D eigenvalue weighted by molar-refractivity contribution is 6.36. The van der Waals surface area contributed by atoms with E-state index in [0.717, 1.165) is 0 Å². The van der Waals surface area contributed by atoms with E-state index in [0.29, 0.717) is 0 Å². The summed E-state index contributed by atoms with van der Waals surface area (Å²) in [5, 5.41) is -0.303. The Labute approximate surface area is 58.7 Å². The van der Waals surface area contributed by atoms with Crippen molar-refractivity contribution in [2.75, 3.05) is 0 Å². The lowest BCUT2D eigenvalue weighted by Crippen LogP contribution is -2.07. The number of halogens is 3. The average molecular weight is 160 g/mol. The Kier molecular flexibility index (Phi) is 4.30. The molecule has 0 fully saturated rings. The molecule has 0 N–H and O–H groups in total. The molecule has 0 saturated carbocycles. The lowest BCUT2D eigenvalue weighted by atomic mass is 10.4. The molecule has 2 atom stereocenters. The van der Waals surface area contributed by atoms with E-state index in [9.17, 15) is 0 Å². The largest absolute Gasteiger partial charge is 0.122 e. The van der Waals surface area contributed by atoms with E-state index in [2.05, 4.69) is 0 Å². The zero-order valence-electron chi connectivity index (χ0n) is 3.87. The van der Waals surface area contributed by atoms with Gasteiger partial charge in [-0.25, -0.2) is 0 Å². The molecular formula is C4H6Cl3. The molecule has 2 unspecified atom stereocenters. The summed E-state index contributed by atoms with van der Waals surface area (Å²) < 4.78 is 0. The molecule has 0 nitrogen and oxygen atoms in total. The molecule has 0 aliphatic heterocycles. The van der Waals surface area contributed by atoms with Gasteiger partial charge >= 0.3 is 0 Å². The van der Waals surface area contributed by atoms with Crippen LogP contribution in [0.2, 0.25) is 0 Å². The fourth-order valence-corrected chi connectivity index (χ4v) is 0.466. The van der Waals surface area contributed by atoms with E-state index in [4.69, 9.17) is 34.8 Å². The highest BCUT2D eigenvalue weighted by Crippen LogP contribution is 2.13. The Morgan fingerprint density at radius 3 is 1.86 bits per heavy atom. The molecule has 0 bridgehead atoms. The summed E-state index contributed by atoms with van der Waals surface area (Å²) >= 11 is 16.2. The normalized spacial score (nSPS) is 18.9. The molecule has 7 heavy (non-hydrogen) atoms. The van der Waals surface area contributed by atoms with Crippen molar-refractivity contribution in [3.8, 4) is 0 Å². The summed E-state index contributed by atoms with van der Waals surface area (Å²) in [6, 6.07) is 0. The van der Waals surface area contributed by atoms with Crippen molar-refractivity contribution >= 4 is 34.8 Å². The SMILES string of the molecule is CC(Cl)C(Cl)[CH]Cl. The Morgan fingerprint density at radius 2 is 1.86 bits per heavy atom. The molecule has 0 aromatic carbocycles. The van der Waals surface area contributed by atoms with E-state index in [1.165, 1.54) is 5.88 Å². The summed E-state index contributed by atoms with van der Waals surface area (Å²) in [7, 11) is 0. The quantitative estimate of drug-likeness (QED) is 0.545. The van der Waals surface area contributed by atoms with E-state index in [-0.39, 0.29) is 10.8 Å². The predicted octanol–water partition coefficient (Wildman–Crippen LogP) is 2.62. The first-order valence-corrected chi connectivity index (χ1v) is 3.21. The van der Waals surface area contributed by atoms with Crippen molar-refractivity contribution in [2.45, 2.75) is 17.7 Å². The molecule has 0 saturated heterocycles. The highest BCUT2D eigenvalue weighted by atomic mass is 35.5. The van der Waals surface area contributed by atoms with Crippen LogP contribution < -0.4 is 0 Å². The van der Waals surface area contributed by atoms with Crippen LogP contribution in [-0.4, -0.2) is 10.8 Å². The first-order chi connectivity index (χ1) is 3.18. The third kappa shape index (κ3) is 3.45. The molecule has 0 rings (SSSR count). The minimum absolute atomic E-state index is 0.0841.